The summed E-state index contributed by atoms with van der Waals surface area (Å²) < 4.78 is 16.2. The number of carbonyl (C=O) groups is 4. The van der Waals surface area contributed by atoms with Crippen molar-refractivity contribution in [3.05, 3.63) is 45.5 Å². The Morgan fingerprint density at radius 3 is 2.28 bits per heavy atom. The van der Waals surface area contributed by atoms with E-state index in [1.54, 1.807) is 13.8 Å². The molecule has 0 radical (unpaired) electrons. The Hall–Kier alpha value is -3.60. The molecule has 32 heavy (non-hydrogen) atoms. The highest BCUT2D eigenvalue weighted by Crippen LogP contribution is 2.55. The average molecular weight is 444 g/mol. The van der Waals surface area contributed by atoms with Crippen LogP contribution in [0.15, 0.2) is 24.3 Å². The van der Waals surface area contributed by atoms with E-state index in [9.17, 15) is 29.3 Å². The largest absolute Gasteiger partial charge is 0.422 e. The molecular weight excluding hydrogens is 424 g/mol. The van der Waals surface area contributed by atoms with E-state index in [1.807, 2.05) is 0 Å². The molecule has 4 rings (SSSR count). The van der Waals surface area contributed by atoms with Crippen LogP contribution in [0.1, 0.15) is 25.0 Å². The van der Waals surface area contributed by atoms with Gasteiger partial charge in [-0.25, -0.2) is 4.90 Å². The van der Waals surface area contributed by atoms with Crippen LogP contribution in [0, 0.1) is 35.8 Å². The van der Waals surface area contributed by atoms with Crippen LogP contribution in [0.25, 0.3) is 0 Å². The Labute approximate surface area is 182 Å². The number of benzene rings is 1. The number of imide groups is 1. The molecule has 1 aromatic rings. The summed E-state index contributed by atoms with van der Waals surface area (Å²) in [6.45, 7) is 5.59. The quantitative estimate of drug-likeness (QED) is 0.165. The van der Waals surface area contributed by atoms with E-state index in [-0.39, 0.29) is 11.4 Å². The molecular formula is C21H20N2O9. The van der Waals surface area contributed by atoms with Crippen LogP contribution < -0.4 is 4.90 Å². The number of nitro groups is 1. The van der Waals surface area contributed by atoms with Crippen molar-refractivity contribution < 1.29 is 38.3 Å². The fourth-order valence-electron chi connectivity index (χ4n) is 4.57. The number of hydrogen-bond donors (Lipinski definition) is 0. The number of ether oxygens (including phenoxy) is 3. The molecule has 3 aliphatic heterocycles. The average Bonchev–Trinajstić information content (AvgIpc) is 3.33. The van der Waals surface area contributed by atoms with Gasteiger partial charge in [0.05, 0.1) is 22.9 Å². The molecule has 11 heteroatoms. The maximum Gasteiger partial charge on any atom is 0.305 e. The summed E-state index contributed by atoms with van der Waals surface area (Å²) >= 11 is 0. The third-order valence-electron chi connectivity index (χ3n) is 6.02. The van der Waals surface area contributed by atoms with Gasteiger partial charge in [0.25, 0.3) is 12.0 Å². The molecule has 0 aliphatic carbocycles. The minimum atomic E-state index is -1.72. The standard InChI is InChI=1S/C21H20N2O9/c1-9-7-13(14(23(28)29)8-10(9)2)22-18(26)16-15-5-6-21(32-15,17(16)19(22)27)20(30-11(3)24)31-12(4)25/h5-8,15-17,20H,1-4H3/t15-,16-,17-,21+/m1/s1. The van der Waals surface area contributed by atoms with Gasteiger partial charge in [-0.3, -0.25) is 29.3 Å². The van der Waals surface area contributed by atoms with Crippen LogP contribution in [0.2, 0.25) is 0 Å². The minimum Gasteiger partial charge on any atom is -0.422 e. The lowest BCUT2D eigenvalue weighted by molar-refractivity contribution is -0.384. The third kappa shape index (κ3) is 3.00. The zero-order valence-electron chi connectivity index (χ0n) is 17.7. The molecule has 2 fully saturated rings. The fourth-order valence-corrected chi connectivity index (χ4v) is 4.57. The zero-order chi connectivity index (χ0) is 23.5. The maximum absolute atomic E-state index is 13.5. The Balaban J connectivity index is 1.81. The van der Waals surface area contributed by atoms with E-state index in [4.69, 9.17) is 14.2 Å². The molecule has 3 heterocycles. The smallest absolute Gasteiger partial charge is 0.305 e. The summed E-state index contributed by atoms with van der Waals surface area (Å²) in [4.78, 5) is 61.9. The molecule has 0 saturated carbocycles. The third-order valence-corrected chi connectivity index (χ3v) is 6.02. The van der Waals surface area contributed by atoms with Gasteiger partial charge in [-0.15, -0.1) is 0 Å². The zero-order valence-corrected chi connectivity index (χ0v) is 17.7. The first kappa shape index (κ1) is 21.6. The Bertz CT molecular complexity index is 1090. The number of amides is 2. The molecule has 2 bridgehead atoms. The van der Waals surface area contributed by atoms with E-state index in [0.717, 1.165) is 18.7 Å². The number of carbonyl (C=O) groups excluding carboxylic acids is 4. The lowest BCUT2D eigenvalue weighted by atomic mass is 9.76. The summed E-state index contributed by atoms with van der Waals surface area (Å²) in [5.74, 6) is -5.22. The number of esters is 2. The second kappa shape index (κ2) is 7.23. The van der Waals surface area contributed by atoms with Gasteiger partial charge in [0.15, 0.2) is 5.60 Å². The van der Waals surface area contributed by atoms with Crippen LogP contribution in [-0.2, 0) is 33.4 Å². The summed E-state index contributed by atoms with van der Waals surface area (Å²) in [6, 6.07) is 2.72. The van der Waals surface area contributed by atoms with E-state index in [1.165, 1.54) is 24.3 Å². The summed E-state index contributed by atoms with van der Waals surface area (Å²) in [7, 11) is 0. The van der Waals surface area contributed by atoms with Crippen LogP contribution in [0.4, 0.5) is 11.4 Å². The van der Waals surface area contributed by atoms with Crippen molar-refractivity contribution in [2.75, 3.05) is 4.90 Å². The van der Waals surface area contributed by atoms with Crippen molar-refractivity contribution in [1.82, 2.24) is 0 Å². The first-order valence-electron chi connectivity index (χ1n) is 9.83. The Morgan fingerprint density at radius 2 is 1.72 bits per heavy atom. The number of anilines is 1. The van der Waals surface area contributed by atoms with Gasteiger partial charge < -0.3 is 14.2 Å². The highest BCUT2D eigenvalue weighted by atomic mass is 16.7. The SMILES string of the molecule is CC(=O)OC(OC(C)=O)[C@@]12C=C[C@@H](O1)[C@H]1C(=O)N(c3cc(C)c(C)cc3[N+](=O)[O-])C(=O)[C@@H]12. The molecule has 2 saturated heterocycles. The van der Waals surface area contributed by atoms with Gasteiger partial charge in [0.2, 0.25) is 11.8 Å². The van der Waals surface area contributed by atoms with Crippen LogP contribution in [0.3, 0.4) is 0 Å². The second-order valence-electron chi connectivity index (χ2n) is 8.04. The van der Waals surface area contributed by atoms with Crippen molar-refractivity contribution >= 4 is 35.1 Å². The Kier molecular flexibility index (Phi) is 4.88. The number of aryl methyl sites for hydroxylation is 2. The predicted octanol–water partition coefficient (Wildman–Crippen LogP) is 1.48. The first-order chi connectivity index (χ1) is 15.0. The van der Waals surface area contributed by atoms with E-state index < -0.39 is 58.5 Å². The lowest BCUT2D eigenvalue weighted by Gasteiger charge is -2.34. The van der Waals surface area contributed by atoms with Crippen LogP contribution in [0.5, 0.6) is 0 Å². The molecule has 0 N–H and O–H groups in total. The van der Waals surface area contributed by atoms with Gasteiger partial charge in [0.1, 0.15) is 5.69 Å². The molecule has 4 atom stereocenters. The number of nitrogens with zero attached hydrogens (tertiary/aromatic N) is 2. The highest BCUT2D eigenvalue weighted by molar-refractivity contribution is 6.24. The molecule has 0 spiro atoms. The molecule has 3 aliphatic rings. The maximum atomic E-state index is 13.5. The summed E-state index contributed by atoms with van der Waals surface area (Å²) in [5, 5.41) is 11.7. The molecule has 11 nitrogen and oxygen atoms in total. The summed E-state index contributed by atoms with van der Waals surface area (Å²) in [6.07, 6.45) is 0.518. The minimum absolute atomic E-state index is 0.145. The van der Waals surface area contributed by atoms with E-state index >= 15 is 0 Å². The fraction of sp³-hybridized carbons (Fsp3) is 0.429. The highest BCUT2D eigenvalue weighted by Gasteiger charge is 2.72. The van der Waals surface area contributed by atoms with E-state index in [2.05, 4.69) is 0 Å². The monoisotopic (exact) mass is 444 g/mol. The van der Waals surface area contributed by atoms with Crippen molar-refractivity contribution in [1.29, 1.82) is 0 Å². The Morgan fingerprint density at radius 1 is 1.12 bits per heavy atom. The van der Waals surface area contributed by atoms with Crippen molar-refractivity contribution in [2.45, 2.75) is 45.7 Å². The van der Waals surface area contributed by atoms with Crippen LogP contribution >= 0.6 is 0 Å². The van der Waals surface area contributed by atoms with Gasteiger partial charge >= 0.3 is 11.9 Å². The number of hydrogen-bond acceptors (Lipinski definition) is 9. The number of nitro benzene ring substituents is 1. The molecule has 168 valence electrons. The van der Waals surface area contributed by atoms with Crippen molar-refractivity contribution in [3.63, 3.8) is 0 Å². The van der Waals surface area contributed by atoms with Gasteiger partial charge in [-0.1, -0.05) is 6.08 Å². The molecule has 0 unspecified atom stereocenters. The molecule has 2 amide bonds. The number of rotatable bonds is 5. The lowest BCUT2D eigenvalue weighted by Crippen LogP contribution is -2.52. The number of fused-ring (bicyclic) bond motifs is 5. The second-order valence-corrected chi connectivity index (χ2v) is 8.04. The van der Waals surface area contributed by atoms with Crippen molar-refractivity contribution in [2.24, 2.45) is 11.8 Å². The first-order valence-corrected chi connectivity index (χ1v) is 9.83. The van der Waals surface area contributed by atoms with Gasteiger partial charge in [-0.2, -0.15) is 0 Å². The molecule has 0 aromatic heterocycles. The predicted molar refractivity (Wildman–Crippen MR) is 106 cm³/mol. The van der Waals surface area contributed by atoms with E-state index in [0.29, 0.717) is 11.1 Å². The van der Waals surface area contributed by atoms with Gasteiger partial charge in [0, 0.05) is 19.9 Å². The van der Waals surface area contributed by atoms with Crippen LogP contribution in [-0.4, -0.2) is 46.7 Å². The van der Waals surface area contributed by atoms with Crippen molar-refractivity contribution in [3.8, 4) is 0 Å². The normalized spacial score (nSPS) is 27.8. The summed E-state index contributed by atoms with van der Waals surface area (Å²) in [5.41, 5.74) is -0.961. The topological polar surface area (TPSA) is 142 Å². The molecule has 1 aromatic carbocycles. The van der Waals surface area contributed by atoms with Gasteiger partial charge in [-0.05, 0) is 37.1 Å².